The number of nitrogens with one attached hydrogen (secondary N) is 1. The number of aromatic nitrogens is 4. The van der Waals surface area contributed by atoms with E-state index in [1.807, 2.05) is 0 Å². The third-order valence-corrected chi connectivity index (χ3v) is 4.96. The molecule has 0 amide bonds. The van der Waals surface area contributed by atoms with E-state index in [9.17, 15) is 27.1 Å². The van der Waals surface area contributed by atoms with E-state index in [0.29, 0.717) is 11.9 Å². The van der Waals surface area contributed by atoms with Crippen LogP contribution in [-0.4, -0.2) is 31.4 Å². The first-order valence-corrected chi connectivity index (χ1v) is 8.90. The van der Waals surface area contributed by atoms with Crippen molar-refractivity contribution in [2.75, 3.05) is 6.54 Å². The summed E-state index contributed by atoms with van der Waals surface area (Å²) in [6.07, 6.45) is -0.876. The van der Waals surface area contributed by atoms with Gasteiger partial charge in [0.05, 0.1) is 17.0 Å². The van der Waals surface area contributed by atoms with Crippen LogP contribution in [0.15, 0.2) is 12.3 Å². The molecule has 3 heterocycles. The monoisotopic (exact) mass is 413 g/mol. The highest BCUT2D eigenvalue weighted by Gasteiger charge is 2.38. The Hall–Kier alpha value is -2.82. The molecule has 0 spiro atoms. The first-order chi connectivity index (χ1) is 13.7. The van der Waals surface area contributed by atoms with Crippen molar-refractivity contribution in [3.8, 4) is 17.0 Å². The van der Waals surface area contributed by atoms with Gasteiger partial charge in [-0.15, -0.1) is 0 Å². The molecule has 1 atom stereocenters. The fraction of sp³-hybridized carbons (Fsp3) is 0.389. The third kappa shape index (κ3) is 3.28. The summed E-state index contributed by atoms with van der Waals surface area (Å²) < 4.78 is 68.8. The lowest BCUT2D eigenvalue weighted by Gasteiger charge is -2.21. The number of phenolic OH excluding ortho intramolecular Hbond substituents is 1. The third-order valence-electron chi connectivity index (χ3n) is 4.96. The van der Waals surface area contributed by atoms with Gasteiger partial charge >= 0.3 is 6.18 Å². The largest absolute Gasteiger partial charge is 0.503 e. The van der Waals surface area contributed by atoms with Crippen molar-refractivity contribution in [1.82, 2.24) is 25.1 Å². The van der Waals surface area contributed by atoms with Crippen LogP contribution in [0, 0.1) is 11.6 Å². The highest BCUT2D eigenvalue weighted by atomic mass is 19.4. The number of alkyl halides is 3. The van der Waals surface area contributed by atoms with Gasteiger partial charge in [-0.2, -0.15) is 18.3 Å². The van der Waals surface area contributed by atoms with E-state index >= 15 is 0 Å². The molecule has 0 saturated carbocycles. The molecule has 2 N–H and O–H groups in total. The average Bonchev–Trinajstić information content (AvgIpc) is 3.02. The number of piperidine rings is 1. The summed E-state index contributed by atoms with van der Waals surface area (Å²) in [5, 5.41) is 17.1. The van der Waals surface area contributed by atoms with Crippen LogP contribution in [-0.2, 0) is 13.2 Å². The van der Waals surface area contributed by atoms with Gasteiger partial charge in [0.25, 0.3) is 0 Å². The van der Waals surface area contributed by atoms with Gasteiger partial charge in [0.2, 0.25) is 0 Å². The Bertz CT molecular complexity index is 1090. The summed E-state index contributed by atoms with van der Waals surface area (Å²) in [4.78, 5) is 8.69. The topological polar surface area (TPSA) is 75.9 Å². The first-order valence-electron chi connectivity index (χ1n) is 8.90. The number of hydrogen-bond acceptors (Lipinski definition) is 5. The molecular formula is C18H16F5N5O. The minimum Gasteiger partial charge on any atom is -0.503 e. The fourth-order valence-electron chi connectivity index (χ4n) is 3.49. The van der Waals surface area contributed by atoms with Crippen molar-refractivity contribution < 1.29 is 27.1 Å². The second kappa shape index (κ2) is 6.90. The van der Waals surface area contributed by atoms with Crippen molar-refractivity contribution in [3.63, 3.8) is 0 Å². The van der Waals surface area contributed by atoms with Gasteiger partial charge in [0.15, 0.2) is 23.0 Å². The number of fused-ring (bicyclic) bond motifs is 1. The molecule has 3 aromatic rings. The Labute approximate surface area is 161 Å². The predicted octanol–water partition coefficient (Wildman–Crippen LogP) is 3.85. The lowest BCUT2D eigenvalue weighted by Crippen LogP contribution is -2.28. The molecule has 1 unspecified atom stereocenters. The Morgan fingerprint density at radius 1 is 1.21 bits per heavy atom. The van der Waals surface area contributed by atoms with Gasteiger partial charge in [-0.05, 0) is 25.5 Å². The number of nitrogens with zero attached hydrogens (tertiary/aromatic N) is 4. The van der Waals surface area contributed by atoms with Crippen LogP contribution < -0.4 is 5.32 Å². The number of benzene rings is 1. The maximum atomic E-state index is 14.5. The minimum absolute atomic E-state index is 0.0602. The van der Waals surface area contributed by atoms with E-state index in [2.05, 4.69) is 20.4 Å². The summed E-state index contributed by atoms with van der Waals surface area (Å²) in [5.74, 6) is -4.81. The van der Waals surface area contributed by atoms with Crippen molar-refractivity contribution in [2.45, 2.75) is 31.5 Å². The molecule has 0 radical (unpaired) electrons. The molecule has 2 aromatic heterocycles. The summed E-state index contributed by atoms with van der Waals surface area (Å²) in [6, 6.07) is 0.234. The van der Waals surface area contributed by atoms with Crippen LogP contribution in [0.4, 0.5) is 22.0 Å². The normalized spacial score (nSPS) is 17.8. The van der Waals surface area contributed by atoms with Crippen molar-refractivity contribution >= 4 is 11.0 Å². The summed E-state index contributed by atoms with van der Waals surface area (Å²) >= 11 is 0. The van der Waals surface area contributed by atoms with Crippen LogP contribution in [0.1, 0.15) is 36.7 Å². The van der Waals surface area contributed by atoms with Gasteiger partial charge < -0.3 is 10.4 Å². The summed E-state index contributed by atoms with van der Waals surface area (Å²) in [5.41, 5.74) is -2.40. The minimum atomic E-state index is -5.12. The molecule has 0 aliphatic carbocycles. The molecule has 1 saturated heterocycles. The smallest absolute Gasteiger partial charge is 0.419 e. The fourth-order valence-corrected chi connectivity index (χ4v) is 3.49. The summed E-state index contributed by atoms with van der Waals surface area (Å²) in [7, 11) is 1.50. The quantitative estimate of drug-likeness (QED) is 0.625. The number of aryl methyl sites for hydroxylation is 1. The van der Waals surface area contributed by atoms with Gasteiger partial charge in [-0.1, -0.05) is 6.42 Å². The Morgan fingerprint density at radius 2 is 1.97 bits per heavy atom. The molecule has 1 aliphatic rings. The lowest BCUT2D eigenvalue weighted by atomic mass is 10.0. The molecule has 1 aromatic carbocycles. The van der Waals surface area contributed by atoms with E-state index in [0.717, 1.165) is 25.8 Å². The van der Waals surface area contributed by atoms with E-state index in [4.69, 9.17) is 0 Å². The van der Waals surface area contributed by atoms with Gasteiger partial charge in [-0.3, -0.25) is 0 Å². The van der Waals surface area contributed by atoms with Crippen LogP contribution in [0.25, 0.3) is 22.3 Å². The van der Waals surface area contributed by atoms with Gasteiger partial charge in [0.1, 0.15) is 11.5 Å². The molecule has 11 heteroatoms. The Balaban J connectivity index is 1.88. The van der Waals surface area contributed by atoms with Crippen LogP contribution in [0.5, 0.6) is 5.75 Å². The standard InChI is InChI=1S/C18H16F5N5O/c1-28-17-9(7-25-16(26-17)11-4-2-3-5-24-11)14(27-28)8-6-10(18(21,22)23)13(20)15(29)12(8)19/h6-7,11,24,29H,2-5H2,1H3. The molecule has 1 fully saturated rings. The second-order valence-corrected chi connectivity index (χ2v) is 6.89. The van der Waals surface area contributed by atoms with Crippen molar-refractivity contribution in [3.05, 3.63) is 35.3 Å². The highest BCUT2D eigenvalue weighted by molar-refractivity contribution is 5.91. The van der Waals surface area contributed by atoms with Crippen molar-refractivity contribution in [1.29, 1.82) is 0 Å². The van der Waals surface area contributed by atoms with Gasteiger partial charge in [-0.25, -0.2) is 23.4 Å². The number of hydrogen-bond donors (Lipinski definition) is 2. The van der Waals surface area contributed by atoms with E-state index in [-0.39, 0.29) is 22.8 Å². The average molecular weight is 413 g/mol. The first kappa shape index (κ1) is 19.5. The molecule has 4 rings (SSSR count). The summed E-state index contributed by atoms with van der Waals surface area (Å²) in [6.45, 7) is 0.822. The van der Waals surface area contributed by atoms with E-state index in [1.165, 1.54) is 17.9 Å². The molecule has 154 valence electrons. The number of phenols is 1. The van der Waals surface area contributed by atoms with Crippen LogP contribution in [0.3, 0.4) is 0 Å². The zero-order valence-corrected chi connectivity index (χ0v) is 15.2. The lowest BCUT2D eigenvalue weighted by molar-refractivity contribution is -0.140. The van der Waals surface area contributed by atoms with Crippen LogP contribution in [0.2, 0.25) is 0 Å². The Morgan fingerprint density at radius 3 is 2.62 bits per heavy atom. The Kier molecular flexibility index (Phi) is 4.64. The van der Waals surface area contributed by atoms with Gasteiger partial charge in [0, 0.05) is 18.8 Å². The SMILES string of the molecule is Cn1nc(-c2cc(C(F)(F)F)c(F)c(O)c2F)c2cnc(C3CCCCN3)nc21. The molecule has 29 heavy (non-hydrogen) atoms. The molecule has 0 bridgehead atoms. The molecule has 1 aliphatic heterocycles. The molecular weight excluding hydrogens is 397 g/mol. The maximum Gasteiger partial charge on any atom is 0.419 e. The number of halogens is 5. The number of rotatable bonds is 2. The van der Waals surface area contributed by atoms with Crippen molar-refractivity contribution in [2.24, 2.45) is 7.05 Å². The second-order valence-electron chi connectivity index (χ2n) is 6.89. The van der Waals surface area contributed by atoms with Crippen LogP contribution >= 0.6 is 0 Å². The zero-order valence-electron chi connectivity index (χ0n) is 15.2. The maximum absolute atomic E-state index is 14.5. The highest BCUT2D eigenvalue weighted by Crippen LogP contribution is 2.41. The van der Waals surface area contributed by atoms with E-state index in [1.54, 1.807) is 0 Å². The number of aromatic hydroxyl groups is 1. The zero-order chi connectivity index (χ0) is 20.9. The molecule has 6 nitrogen and oxygen atoms in total. The predicted molar refractivity (Wildman–Crippen MR) is 92.9 cm³/mol. The van der Waals surface area contributed by atoms with E-state index < -0.39 is 34.7 Å².